The molecule has 0 heterocycles. The Labute approximate surface area is 109 Å². The van der Waals surface area contributed by atoms with Gasteiger partial charge in [0.2, 0.25) is 0 Å². The minimum absolute atomic E-state index is 0.0352. The molecule has 1 aliphatic rings. The number of hydrogen-bond donors (Lipinski definition) is 0. The highest BCUT2D eigenvalue weighted by molar-refractivity contribution is 5.84. The van der Waals surface area contributed by atoms with E-state index in [4.69, 9.17) is 4.74 Å². The zero-order chi connectivity index (χ0) is 13.0. The highest BCUT2D eigenvalue weighted by atomic mass is 16.5. The largest absolute Gasteiger partial charge is 0.497 e. The second-order valence-corrected chi connectivity index (χ2v) is 5.54. The van der Waals surface area contributed by atoms with Gasteiger partial charge in [0.1, 0.15) is 11.5 Å². The summed E-state index contributed by atoms with van der Waals surface area (Å²) in [6, 6.07) is 8.00. The molecule has 2 rings (SSSR count). The lowest BCUT2D eigenvalue weighted by Crippen LogP contribution is -2.24. The van der Waals surface area contributed by atoms with Crippen molar-refractivity contribution < 1.29 is 9.53 Å². The van der Waals surface area contributed by atoms with Crippen molar-refractivity contribution in [2.45, 2.75) is 45.4 Å². The lowest BCUT2D eigenvalue weighted by atomic mass is 9.81. The Kier molecular flexibility index (Phi) is 4.05. The van der Waals surface area contributed by atoms with Crippen LogP contribution in [0.4, 0.5) is 0 Å². The number of hydrogen-bond acceptors (Lipinski definition) is 2. The fourth-order valence-corrected chi connectivity index (χ4v) is 2.79. The van der Waals surface area contributed by atoms with Gasteiger partial charge in [-0.2, -0.15) is 0 Å². The highest BCUT2D eigenvalue weighted by Gasteiger charge is 2.35. The van der Waals surface area contributed by atoms with Crippen LogP contribution >= 0.6 is 0 Å². The average molecular weight is 246 g/mol. The van der Waals surface area contributed by atoms with Crippen molar-refractivity contribution in [2.75, 3.05) is 7.11 Å². The number of Topliss-reactive ketones (excluding diaryl/α,β-unsaturated/α-hetero) is 1. The first-order valence-corrected chi connectivity index (χ1v) is 6.80. The molecule has 0 aromatic heterocycles. The molecule has 0 bridgehead atoms. The molecule has 0 spiro atoms. The van der Waals surface area contributed by atoms with Gasteiger partial charge in [-0.1, -0.05) is 31.9 Å². The number of methoxy groups -OCH3 is 1. The molecule has 0 N–H and O–H groups in total. The summed E-state index contributed by atoms with van der Waals surface area (Å²) in [5.41, 5.74) is 1.18. The van der Waals surface area contributed by atoms with E-state index in [0.29, 0.717) is 12.2 Å². The number of rotatable bonds is 5. The maximum Gasteiger partial charge on any atom is 0.139 e. The van der Waals surface area contributed by atoms with Gasteiger partial charge in [0, 0.05) is 11.8 Å². The summed E-state index contributed by atoms with van der Waals surface area (Å²) >= 11 is 0. The van der Waals surface area contributed by atoms with E-state index in [1.165, 1.54) is 18.4 Å². The van der Waals surface area contributed by atoms with Gasteiger partial charge in [0.05, 0.1) is 7.11 Å². The van der Waals surface area contributed by atoms with Crippen LogP contribution in [0, 0.1) is 5.41 Å². The Bertz CT molecular complexity index is 400. The Morgan fingerprint density at radius 1 is 1.22 bits per heavy atom. The van der Waals surface area contributed by atoms with E-state index in [1.807, 2.05) is 24.3 Å². The molecule has 98 valence electrons. The normalized spacial score (nSPS) is 17.7. The van der Waals surface area contributed by atoms with E-state index in [9.17, 15) is 4.79 Å². The zero-order valence-corrected chi connectivity index (χ0v) is 11.4. The lowest BCUT2D eigenvalue weighted by molar-refractivity contribution is -0.127. The quantitative estimate of drug-likeness (QED) is 0.790. The van der Waals surface area contributed by atoms with Crippen molar-refractivity contribution >= 4 is 5.78 Å². The Hall–Kier alpha value is -1.31. The fourth-order valence-electron chi connectivity index (χ4n) is 2.79. The number of aryl methyl sites for hydroxylation is 1. The summed E-state index contributed by atoms with van der Waals surface area (Å²) < 4.78 is 5.13. The van der Waals surface area contributed by atoms with Crippen molar-refractivity contribution in [1.82, 2.24) is 0 Å². The Balaban J connectivity index is 1.88. The first-order valence-electron chi connectivity index (χ1n) is 6.80. The molecule has 1 saturated carbocycles. The van der Waals surface area contributed by atoms with Crippen LogP contribution in [0.25, 0.3) is 0 Å². The van der Waals surface area contributed by atoms with Crippen LogP contribution in [0.15, 0.2) is 24.3 Å². The molecular weight excluding hydrogens is 224 g/mol. The average Bonchev–Trinajstić information content (AvgIpc) is 2.85. The van der Waals surface area contributed by atoms with E-state index >= 15 is 0 Å². The van der Waals surface area contributed by atoms with E-state index in [0.717, 1.165) is 25.0 Å². The highest BCUT2D eigenvalue weighted by Crippen LogP contribution is 2.39. The first kappa shape index (κ1) is 13.1. The molecule has 0 atom stereocenters. The third-order valence-corrected chi connectivity index (χ3v) is 4.18. The fraction of sp³-hybridized carbons (Fsp3) is 0.562. The summed E-state index contributed by atoms with van der Waals surface area (Å²) in [7, 11) is 1.67. The summed E-state index contributed by atoms with van der Waals surface area (Å²) in [5, 5.41) is 0. The maximum absolute atomic E-state index is 12.2. The maximum atomic E-state index is 12.2. The molecule has 0 saturated heterocycles. The van der Waals surface area contributed by atoms with E-state index in [2.05, 4.69) is 6.92 Å². The second kappa shape index (κ2) is 5.55. The van der Waals surface area contributed by atoms with E-state index in [1.54, 1.807) is 7.11 Å². The topological polar surface area (TPSA) is 26.3 Å². The van der Waals surface area contributed by atoms with Gasteiger partial charge in [0.15, 0.2) is 0 Å². The van der Waals surface area contributed by atoms with Crippen LogP contribution in [0.3, 0.4) is 0 Å². The molecule has 1 fully saturated rings. The Morgan fingerprint density at radius 3 is 2.39 bits per heavy atom. The standard InChI is InChI=1S/C16H22O2/c1-16(11-3-4-12-16)15(17)10-7-13-5-8-14(18-2)9-6-13/h5-6,8-9H,3-4,7,10-12H2,1-2H3. The molecule has 1 aromatic rings. The van der Waals surface area contributed by atoms with Crippen LogP contribution in [-0.2, 0) is 11.2 Å². The van der Waals surface area contributed by atoms with Gasteiger partial charge in [-0.05, 0) is 37.0 Å². The van der Waals surface area contributed by atoms with Crippen LogP contribution in [0.2, 0.25) is 0 Å². The third kappa shape index (κ3) is 2.92. The van der Waals surface area contributed by atoms with Gasteiger partial charge in [0.25, 0.3) is 0 Å². The summed E-state index contributed by atoms with van der Waals surface area (Å²) in [5.74, 6) is 1.31. The predicted molar refractivity (Wildman–Crippen MR) is 72.9 cm³/mol. The van der Waals surface area contributed by atoms with Crippen LogP contribution in [0.1, 0.15) is 44.6 Å². The van der Waals surface area contributed by atoms with Crippen molar-refractivity contribution in [3.63, 3.8) is 0 Å². The summed E-state index contributed by atoms with van der Waals surface area (Å²) in [6.45, 7) is 2.14. The monoisotopic (exact) mass is 246 g/mol. The Morgan fingerprint density at radius 2 is 1.83 bits per heavy atom. The molecule has 0 unspecified atom stereocenters. The SMILES string of the molecule is COc1ccc(CCC(=O)C2(C)CCCC2)cc1. The predicted octanol–water partition coefficient (Wildman–Crippen LogP) is 3.78. The molecule has 2 nitrogen and oxygen atoms in total. The van der Waals surface area contributed by atoms with Gasteiger partial charge >= 0.3 is 0 Å². The number of benzene rings is 1. The van der Waals surface area contributed by atoms with Crippen molar-refractivity contribution in [1.29, 1.82) is 0 Å². The van der Waals surface area contributed by atoms with Crippen molar-refractivity contribution in [2.24, 2.45) is 5.41 Å². The van der Waals surface area contributed by atoms with Gasteiger partial charge in [-0.15, -0.1) is 0 Å². The van der Waals surface area contributed by atoms with Crippen molar-refractivity contribution in [3.05, 3.63) is 29.8 Å². The third-order valence-electron chi connectivity index (χ3n) is 4.18. The second-order valence-electron chi connectivity index (χ2n) is 5.54. The van der Waals surface area contributed by atoms with Gasteiger partial charge in [-0.3, -0.25) is 4.79 Å². The minimum Gasteiger partial charge on any atom is -0.497 e. The van der Waals surface area contributed by atoms with E-state index in [-0.39, 0.29) is 5.41 Å². The molecule has 18 heavy (non-hydrogen) atoms. The molecular formula is C16H22O2. The molecule has 0 amide bonds. The van der Waals surface area contributed by atoms with Gasteiger partial charge in [-0.25, -0.2) is 0 Å². The molecule has 2 heteroatoms. The van der Waals surface area contributed by atoms with Crippen LogP contribution in [0.5, 0.6) is 5.75 Å². The smallest absolute Gasteiger partial charge is 0.139 e. The molecule has 0 radical (unpaired) electrons. The number of carbonyl (C=O) groups excluding carboxylic acids is 1. The molecule has 1 aliphatic carbocycles. The number of ketones is 1. The van der Waals surface area contributed by atoms with Crippen LogP contribution in [-0.4, -0.2) is 12.9 Å². The lowest BCUT2D eigenvalue weighted by Gasteiger charge is -2.21. The summed E-state index contributed by atoms with van der Waals surface area (Å²) in [4.78, 5) is 12.2. The number of carbonyl (C=O) groups is 1. The number of ether oxygens (including phenoxy) is 1. The minimum atomic E-state index is -0.0352. The first-order chi connectivity index (χ1) is 8.64. The van der Waals surface area contributed by atoms with Crippen molar-refractivity contribution in [3.8, 4) is 5.75 Å². The van der Waals surface area contributed by atoms with Gasteiger partial charge < -0.3 is 4.74 Å². The summed E-state index contributed by atoms with van der Waals surface area (Å²) in [6.07, 6.45) is 6.10. The van der Waals surface area contributed by atoms with Crippen LogP contribution < -0.4 is 4.74 Å². The van der Waals surface area contributed by atoms with E-state index < -0.39 is 0 Å². The molecule has 1 aromatic carbocycles. The molecule has 0 aliphatic heterocycles. The zero-order valence-electron chi connectivity index (χ0n) is 11.4.